The molecule has 0 amide bonds. The first-order chi connectivity index (χ1) is 12.5. The molecule has 1 aromatic heterocycles. The van der Waals surface area contributed by atoms with Gasteiger partial charge in [-0.25, -0.2) is 0 Å². The number of fused-ring (bicyclic) bond motifs is 1. The van der Waals surface area contributed by atoms with E-state index >= 15 is 0 Å². The third kappa shape index (κ3) is 4.43. The van der Waals surface area contributed by atoms with Gasteiger partial charge in [0.1, 0.15) is 5.76 Å². The molecule has 0 saturated carbocycles. The van der Waals surface area contributed by atoms with Gasteiger partial charge >= 0.3 is 20.8 Å². The summed E-state index contributed by atoms with van der Waals surface area (Å²) in [6.07, 6.45) is 0. The minimum Gasteiger partial charge on any atom is -0.452 e. The van der Waals surface area contributed by atoms with E-state index in [1.165, 1.54) is 0 Å². The molecule has 1 heterocycles. The van der Waals surface area contributed by atoms with Crippen molar-refractivity contribution in [3.05, 3.63) is 58.8 Å². The van der Waals surface area contributed by atoms with Gasteiger partial charge in [-0.05, 0) is 12.1 Å². The van der Waals surface area contributed by atoms with E-state index in [2.05, 4.69) is 8.37 Å². The second-order valence-electron chi connectivity index (χ2n) is 5.13. The molecule has 0 aliphatic rings. The van der Waals surface area contributed by atoms with Crippen molar-refractivity contribution in [2.45, 2.75) is 0 Å². The minimum absolute atomic E-state index is 0.0114. The SMILES string of the molecule is O=c1cc(-c2ccccc2)oc2c(OS(=O)(=O)O)c(OS(=O)(=O)O)ccc12. The summed E-state index contributed by atoms with van der Waals surface area (Å²) in [6, 6.07) is 11.3. The molecule has 2 aromatic carbocycles. The molecule has 2 N–H and O–H groups in total. The molecule has 0 spiro atoms. The van der Waals surface area contributed by atoms with E-state index in [-0.39, 0.29) is 11.1 Å². The highest BCUT2D eigenvalue weighted by Gasteiger charge is 2.24. The Bertz CT molecular complexity index is 1280. The van der Waals surface area contributed by atoms with Crippen molar-refractivity contribution in [2.75, 3.05) is 0 Å². The summed E-state index contributed by atoms with van der Waals surface area (Å²) in [6.45, 7) is 0. The van der Waals surface area contributed by atoms with E-state index in [1.807, 2.05) is 0 Å². The third-order valence-corrected chi connectivity index (χ3v) is 4.03. The lowest BCUT2D eigenvalue weighted by molar-refractivity contribution is 0.360. The molecular formula is C15H10O10S2. The predicted molar refractivity (Wildman–Crippen MR) is 92.3 cm³/mol. The summed E-state index contributed by atoms with van der Waals surface area (Å²) in [4.78, 5) is 12.4. The molecule has 0 aliphatic heterocycles. The molecule has 0 bridgehead atoms. The Morgan fingerprint density at radius 1 is 0.852 bits per heavy atom. The van der Waals surface area contributed by atoms with Crippen LogP contribution in [-0.4, -0.2) is 25.9 Å². The molecule has 0 unspecified atom stereocenters. The number of benzene rings is 2. The highest BCUT2D eigenvalue weighted by atomic mass is 32.3. The first kappa shape index (κ1) is 18.8. The highest BCUT2D eigenvalue weighted by molar-refractivity contribution is 7.81. The van der Waals surface area contributed by atoms with Crippen molar-refractivity contribution in [3.63, 3.8) is 0 Å². The molecule has 27 heavy (non-hydrogen) atoms. The summed E-state index contributed by atoms with van der Waals surface area (Å²) in [5, 5.41) is -0.184. The molecule has 0 saturated heterocycles. The lowest BCUT2D eigenvalue weighted by atomic mass is 10.1. The molecular weight excluding hydrogens is 404 g/mol. The molecule has 0 atom stereocenters. The lowest BCUT2D eigenvalue weighted by Crippen LogP contribution is -2.12. The van der Waals surface area contributed by atoms with Crippen LogP contribution in [0.2, 0.25) is 0 Å². The van der Waals surface area contributed by atoms with Crippen LogP contribution in [0.25, 0.3) is 22.3 Å². The monoisotopic (exact) mass is 414 g/mol. The lowest BCUT2D eigenvalue weighted by Gasteiger charge is -2.11. The molecule has 0 fully saturated rings. The Kier molecular flexibility index (Phi) is 4.65. The van der Waals surface area contributed by atoms with Crippen molar-refractivity contribution < 1.29 is 38.7 Å². The van der Waals surface area contributed by atoms with E-state index in [4.69, 9.17) is 13.5 Å². The van der Waals surface area contributed by atoms with E-state index in [9.17, 15) is 21.6 Å². The van der Waals surface area contributed by atoms with Gasteiger partial charge in [-0.3, -0.25) is 13.9 Å². The van der Waals surface area contributed by atoms with E-state index in [0.29, 0.717) is 5.56 Å². The smallest absolute Gasteiger partial charge is 0.446 e. The number of hydrogen-bond acceptors (Lipinski definition) is 8. The van der Waals surface area contributed by atoms with Crippen molar-refractivity contribution >= 4 is 31.8 Å². The second-order valence-corrected chi connectivity index (χ2v) is 7.18. The average Bonchev–Trinajstić information content (AvgIpc) is 2.55. The van der Waals surface area contributed by atoms with Crippen molar-refractivity contribution in [1.82, 2.24) is 0 Å². The predicted octanol–water partition coefficient (Wildman–Crippen LogP) is 1.82. The summed E-state index contributed by atoms with van der Waals surface area (Å²) < 4.78 is 76.2. The standard InChI is InChI=1S/C15H10O10S2/c16-11-8-13(9-4-2-1-3-5-9)23-14-10(11)6-7-12(24-26(17,18)19)15(14)25-27(20,21)22/h1-8H,(H,17,18,19)(H,20,21,22). The van der Waals surface area contributed by atoms with Gasteiger partial charge in [-0.2, -0.15) is 16.8 Å². The average molecular weight is 414 g/mol. The molecule has 12 heteroatoms. The van der Waals surface area contributed by atoms with Crippen LogP contribution in [0.5, 0.6) is 11.5 Å². The zero-order chi connectivity index (χ0) is 19.8. The van der Waals surface area contributed by atoms with Gasteiger partial charge in [0.05, 0.1) is 5.39 Å². The van der Waals surface area contributed by atoms with Crippen LogP contribution in [0, 0.1) is 0 Å². The molecule has 142 valence electrons. The quantitative estimate of drug-likeness (QED) is 0.590. The van der Waals surface area contributed by atoms with E-state index in [0.717, 1.165) is 18.2 Å². The van der Waals surface area contributed by atoms with Gasteiger partial charge in [-0.15, -0.1) is 0 Å². The van der Waals surface area contributed by atoms with Crippen LogP contribution in [0.4, 0.5) is 0 Å². The van der Waals surface area contributed by atoms with E-state index in [1.54, 1.807) is 30.3 Å². The van der Waals surface area contributed by atoms with Gasteiger partial charge in [0.25, 0.3) is 0 Å². The van der Waals surface area contributed by atoms with Gasteiger partial charge in [0.15, 0.2) is 16.8 Å². The van der Waals surface area contributed by atoms with Gasteiger partial charge in [0, 0.05) is 11.6 Å². The Balaban J connectivity index is 2.36. The summed E-state index contributed by atoms with van der Waals surface area (Å²) in [7, 11) is -10.2. The van der Waals surface area contributed by atoms with Crippen LogP contribution >= 0.6 is 0 Å². The maximum atomic E-state index is 12.4. The van der Waals surface area contributed by atoms with E-state index < -0.39 is 43.3 Å². The van der Waals surface area contributed by atoms with Crippen LogP contribution in [0.3, 0.4) is 0 Å². The first-order valence-corrected chi connectivity index (χ1v) is 9.76. The normalized spacial score (nSPS) is 12.1. The third-order valence-electron chi connectivity index (χ3n) is 3.26. The molecule has 0 radical (unpaired) electrons. The fourth-order valence-corrected chi connectivity index (χ4v) is 3.01. The molecule has 3 aromatic rings. The highest BCUT2D eigenvalue weighted by Crippen LogP contribution is 2.37. The zero-order valence-electron chi connectivity index (χ0n) is 13.1. The van der Waals surface area contributed by atoms with Crippen molar-refractivity contribution in [1.29, 1.82) is 0 Å². The Morgan fingerprint density at radius 3 is 2.07 bits per heavy atom. The van der Waals surface area contributed by atoms with Crippen molar-refractivity contribution in [3.8, 4) is 22.8 Å². The maximum absolute atomic E-state index is 12.4. The number of hydrogen-bond donors (Lipinski definition) is 2. The summed E-state index contributed by atoms with van der Waals surface area (Å²) >= 11 is 0. The minimum atomic E-state index is -5.16. The summed E-state index contributed by atoms with van der Waals surface area (Å²) in [5.74, 6) is -1.74. The zero-order valence-corrected chi connectivity index (χ0v) is 14.7. The largest absolute Gasteiger partial charge is 0.452 e. The fraction of sp³-hybridized carbons (Fsp3) is 0. The Hall–Kier alpha value is -2.93. The fourth-order valence-electron chi connectivity index (χ4n) is 2.28. The molecule has 10 nitrogen and oxygen atoms in total. The van der Waals surface area contributed by atoms with Crippen LogP contribution < -0.4 is 13.8 Å². The molecule has 3 rings (SSSR count). The Labute approximate surface area is 152 Å². The maximum Gasteiger partial charge on any atom is 0.446 e. The van der Waals surface area contributed by atoms with Gasteiger partial charge in [-0.1, -0.05) is 30.3 Å². The topological polar surface area (TPSA) is 157 Å². The van der Waals surface area contributed by atoms with Gasteiger partial charge < -0.3 is 12.8 Å². The van der Waals surface area contributed by atoms with Crippen LogP contribution in [-0.2, 0) is 20.8 Å². The first-order valence-electron chi connectivity index (χ1n) is 7.03. The van der Waals surface area contributed by atoms with Crippen LogP contribution in [0.15, 0.2) is 57.7 Å². The Morgan fingerprint density at radius 2 is 1.48 bits per heavy atom. The summed E-state index contributed by atoms with van der Waals surface area (Å²) in [5.41, 5.74) is -0.663. The van der Waals surface area contributed by atoms with Crippen LogP contribution in [0.1, 0.15) is 0 Å². The number of rotatable bonds is 5. The second kappa shape index (κ2) is 6.66. The molecule has 0 aliphatic carbocycles. The van der Waals surface area contributed by atoms with Gasteiger partial charge in [0.2, 0.25) is 5.75 Å². The van der Waals surface area contributed by atoms with Crippen molar-refractivity contribution in [2.24, 2.45) is 0 Å².